The fourth-order valence-corrected chi connectivity index (χ4v) is 3.31. The van der Waals surface area contributed by atoms with Gasteiger partial charge in [0.05, 0.1) is 17.0 Å². The fourth-order valence-electron chi connectivity index (χ4n) is 3.31. The number of amides is 1. The van der Waals surface area contributed by atoms with Crippen molar-refractivity contribution in [3.63, 3.8) is 0 Å². The molecule has 1 amide bonds. The molecule has 0 aliphatic carbocycles. The van der Waals surface area contributed by atoms with Crippen LogP contribution in [0.5, 0.6) is 0 Å². The summed E-state index contributed by atoms with van der Waals surface area (Å²) in [4.78, 5) is 37.0. The van der Waals surface area contributed by atoms with E-state index in [9.17, 15) is 19.7 Å². The van der Waals surface area contributed by atoms with E-state index in [2.05, 4.69) is 0 Å². The third-order valence-electron chi connectivity index (χ3n) is 4.72. The van der Waals surface area contributed by atoms with E-state index in [-0.39, 0.29) is 23.7 Å². The zero-order chi connectivity index (χ0) is 21.9. The molecule has 0 spiro atoms. The highest BCUT2D eigenvalue weighted by atomic mass is 16.6. The summed E-state index contributed by atoms with van der Waals surface area (Å²) in [5, 5.41) is 10.8. The van der Waals surface area contributed by atoms with Crippen LogP contribution in [0.25, 0.3) is 0 Å². The van der Waals surface area contributed by atoms with Gasteiger partial charge in [-0.2, -0.15) is 0 Å². The average Bonchev–Trinajstić information content (AvgIpc) is 3.11. The van der Waals surface area contributed by atoms with Gasteiger partial charge in [-0.1, -0.05) is 30.3 Å². The van der Waals surface area contributed by atoms with Gasteiger partial charge in [0.2, 0.25) is 0 Å². The van der Waals surface area contributed by atoms with Crippen molar-refractivity contribution in [3.05, 3.63) is 75.8 Å². The number of benzene rings is 2. The van der Waals surface area contributed by atoms with Gasteiger partial charge in [0.25, 0.3) is 5.69 Å². The quantitative estimate of drug-likeness (QED) is 0.425. The molecule has 3 rings (SSSR count). The van der Waals surface area contributed by atoms with Crippen LogP contribution in [0.4, 0.5) is 10.5 Å². The Morgan fingerprint density at radius 1 is 1.03 bits per heavy atom. The summed E-state index contributed by atoms with van der Waals surface area (Å²) >= 11 is 0. The molecule has 0 radical (unpaired) electrons. The van der Waals surface area contributed by atoms with E-state index < -0.39 is 28.7 Å². The molecule has 1 aliphatic heterocycles. The Labute approximate surface area is 174 Å². The first kappa shape index (κ1) is 21.3. The number of nitro benzene ring substituents is 1. The minimum Gasteiger partial charge on any atom is -0.456 e. The van der Waals surface area contributed by atoms with E-state index in [0.29, 0.717) is 6.54 Å². The summed E-state index contributed by atoms with van der Waals surface area (Å²) in [5.41, 5.74) is 0.422. The smallest absolute Gasteiger partial charge is 0.410 e. The molecule has 8 heteroatoms. The van der Waals surface area contributed by atoms with Gasteiger partial charge in [-0.3, -0.25) is 10.1 Å². The largest absolute Gasteiger partial charge is 0.456 e. The molecule has 0 bridgehead atoms. The number of esters is 1. The number of ether oxygens (including phenoxy) is 2. The van der Waals surface area contributed by atoms with Crippen LogP contribution in [0.2, 0.25) is 0 Å². The summed E-state index contributed by atoms with van der Waals surface area (Å²) in [6.07, 6.45) is -1.03. The molecule has 2 aromatic rings. The van der Waals surface area contributed by atoms with Crippen molar-refractivity contribution in [2.45, 2.75) is 38.4 Å². The Balaban J connectivity index is 1.78. The maximum absolute atomic E-state index is 12.6. The van der Waals surface area contributed by atoms with Crippen LogP contribution in [-0.2, 0) is 9.47 Å². The van der Waals surface area contributed by atoms with E-state index in [1.54, 1.807) is 20.8 Å². The van der Waals surface area contributed by atoms with Gasteiger partial charge in [0.1, 0.15) is 11.7 Å². The van der Waals surface area contributed by atoms with Crippen molar-refractivity contribution in [3.8, 4) is 0 Å². The van der Waals surface area contributed by atoms with E-state index >= 15 is 0 Å². The first-order valence-electron chi connectivity index (χ1n) is 9.62. The summed E-state index contributed by atoms with van der Waals surface area (Å²) < 4.78 is 11.2. The van der Waals surface area contributed by atoms with Gasteiger partial charge in [0, 0.05) is 24.6 Å². The number of rotatable bonds is 4. The number of carbonyl (C=O) groups excluding carboxylic acids is 2. The molecule has 2 unspecified atom stereocenters. The van der Waals surface area contributed by atoms with Crippen LogP contribution in [0.1, 0.15) is 42.6 Å². The minimum atomic E-state index is -0.632. The zero-order valence-electron chi connectivity index (χ0n) is 17.1. The van der Waals surface area contributed by atoms with Gasteiger partial charge in [0.15, 0.2) is 0 Å². The molecule has 1 aliphatic rings. The number of hydrogen-bond acceptors (Lipinski definition) is 6. The average molecular weight is 412 g/mol. The lowest BCUT2D eigenvalue weighted by Crippen LogP contribution is -2.36. The number of likely N-dealkylation sites (tertiary alicyclic amines) is 1. The van der Waals surface area contributed by atoms with E-state index in [1.807, 2.05) is 30.3 Å². The Morgan fingerprint density at radius 3 is 2.23 bits per heavy atom. The Bertz CT molecular complexity index is 921. The first-order valence-corrected chi connectivity index (χ1v) is 9.62. The van der Waals surface area contributed by atoms with Crippen LogP contribution in [-0.4, -0.2) is 46.7 Å². The van der Waals surface area contributed by atoms with Crippen molar-refractivity contribution in [1.82, 2.24) is 4.90 Å². The molecule has 1 heterocycles. The molecule has 1 saturated heterocycles. The zero-order valence-corrected chi connectivity index (χ0v) is 17.1. The number of carbonyl (C=O) groups is 2. The SMILES string of the molecule is CC(C)(C)OC(=O)N1CC(OC(=O)c2ccc([N+](=O)[O-])cc2)C(c2ccccc2)C1. The molecule has 1 fully saturated rings. The van der Waals surface area contributed by atoms with Crippen LogP contribution < -0.4 is 0 Å². The maximum atomic E-state index is 12.6. The lowest BCUT2D eigenvalue weighted by Gasteiger charge is -2.24. The highest BCUT2D eigenvalue weighted by molar-refractivity contribution is 5.89. The topological polar surface area (TPSA) is 99.0 Å². The van der Waals surface area contributed by atoms with Crippen LogP contribution >= 0.6 is 0 Å². The second-order valence-electron chi connectivity index (χ2n) is 8.15. The molecule has 2 aromatic carbocycles. The van der Waals surface area contributed by atoms with Crippen LogP contribution in [0.15, 0.2) is 54.6 Å². The number of nitrogens with zero attached hydrogens (tertiary/aromatic N) is 2. The standard InChI is InChI=1S/C22H24N2O6/c1-22(2,3)30-21(26)23-13-18(15-7-5-4-6-8-15)19(14-23)29-20(25)16-9-11-17(12-10-16)24(27)28/h4-12,18-19H,13-14H2,1-3H3. The molecule has 0 saturated carbocycles. The summed E-state index contributed by atoms with van der Waals surface area (Å²) in [6.45, 7) is 5.94. The monoisotopic (exact) mass is 412 g/mol. The number of hydrogen-bond donors (Lipinski definition) is 0. The van der Waals surface area contributed by atoms with Gasteiger partial charge < -0.3 is 14.4 Å². The molecule has 0 N–H and O–H groups in total. The Kier molecular flexibility index (Phi) is 6.05. The number of non-ortho nitro benzene ring substituents is 1. The lowest BCUT2D eigenvalue weighted by atomic mass is 9.96. The van der Waals surface area contributed by atoms with Crippen molar-refractivity contribution < 1.29 is 24.0 Å². The first-order chi connectivity index (χ1) is 14.1. The Morgan fingerprint density at radius 2 is 1.67 bits per heavy atom. The summed E-state index contributed by atoms with van der Waals surface area (Å²) in [6, 6.07) is 14.8. The summed E-state index contributed by atoms with van der Waals surface area (Å²) in [5.74, 6) is -0.803. The van der Waals surface area contributed by atoms with Crippen molar-refractivity contribution in [2.24, 2.45) is 0 Å². The van der Waals surface area contributed by atoms with Gasteiger partial charge >= 0.3 is 12.1 Å². The normalized spacial score (nSPS) is 18.7. The van der Waals surface area contributed by atoms with Gasteiger partial charge in [-0.05, 0) is 38.5 Å². The lowest BCUT2D eigenvalue weighted by molar-refractivity contribution is -0.384. The van der Waals surface area contributed by atoms with Crippen molar-refractivity contribution >= 4 is 17.7 Å². The third kappa shape index (κ3) is 5.14. The van der Waals surface area contributed by atoms with Crippen molar-refractivity contribution in [1.29, 1.82) is 0 Å². The molecule has 0 aromatic heterocycles. The second-order valence-corrected chi connectivity index (χ2v) is 8.15. The highest BCUT2D eigenvalue weighted by Gasteiger charge is 2.40. The predicted molar refractivity (Wildman–Crippen MR) is 109 cm³/mol. The Hall–Kier alpha value is -3.42. The minimum absolute atomic E-state index is 0.106. The molecular weight excluding hydrogens is 388 g/mol. The predicted octanol–water partition coefficient (Wildman–Crippen LogP) is 4.15. The van der Waals surface area contributed by atoms with E-state index in [0.717, 1.165) is 5.56 Å². The van der Waals surface area contributed by atoms with Gasteiger partial charge in [-0.15, -0.1) is 0 Å². The maximum Gasteiger partial charge on any atom is 0.410 e. The third-order valence-corrected chi connectivity index (χ3v) is 4.72. The fraction of sp³-hybridized carbons (Fsp3) is 0.364. The van der Waals surface area contributed by atoms with E-state index in [1.165, 1.54) is 29.2 Å². The van der Waals surface area contributed by atoms with E-state index in [4.69, 9.17) is 9.47 Å². The molecule has 158 valence electrons. The highest BCUT2D eigenvalue weighted by Crippen LogP contribution is 2.31. The summed E-state index contributed by atoms with van der Waals surface area (Å²) in [7, 11) is 0. The second kappa shape index (κ2) is 8.52. The molecule has 8 nitrogen and oxygen atoms in total. The number of nitro groups is 1. The molecule has 2 atom stereocenters. The molecule has 30 heavy (non-hydrogen) atoms. The van der Waals surface area contributed by atoms with Crippen LogP contribution in [0, 0.1) is 10.1 Å². The van der Waals surface area contributed by atoms with Crippen molar-refractivity contribution in [2.75, 3.05) is 13.1 Å². The van der Waals surface area contributed by atoms with Crippen LogP contribution in [0.3, 0.4) is 0 Å². The van der Waals surface area contributed by atoms with Gasteiger partial charge in [-0.25, -0.2) is 9.59 Å². The molecular formula is C22H24N2O6.